The van der Waals surface area contributed by atoms with E-state index in [0.717, 1.165) is 11.1 Å². The van der Waals surface area contributed by atoms with E-state index >= 15 is 0 Å². The minimum Gasteiger partial charge on any atom is -0.280 e. The summed E-state index contributed by atoms with van der Waals surface area (Å²) in [6.07, 6.45) is 1.76. The summed E-state index contributed by atoms with van der Waals surface area (Å²) in [4.78, 5) is 4.31. The van der Waals surface area contributed by atoms with Crippen LogP contribution < -0.4 is 0 Å². The van der Waals surface area contributed by atoms with E-state index in [4.69, 9.17) is 11.6 Å². The molecule has 0 heterocycles. The Bertz CT molecular complexity index is 879. The van der Waals surface area contributed by atoms with Crippen molar-refractivity contribution < 1.29 is 0 Å². The molecule has 0 spiro atoms. The van der Waals surface area contributed by atoms with E-state index in [1.807, 2.05) is 48.5 Å². The van der Waals surface area contributed by atoms with Crippen LogP contribution in [0.3, 0.4) is 0 Å². The molecule has 0 aliphatic carbocycles. The Hall–Kier alpha value is -2.56. The third-order valence-corrected chi connectivity index (χ3v) is 3.66. The zero-order chi connectivity index (χ0) is 15.2. The van der Waals surface area contributed by atoms with E-state index in [1.54, 1.807) is 6.21 Å². The number of hydrogen-bond donors (Lipinski definition) is 0. The van der Waals surface area contributed by atoms with Crippen LogP contribution in [0.5, 0.6) is 0 Å². The number of fused-ring (bicyclic) bond motifs is 1. The summed E-state index contributed by atoms with van der Waals surface area (Å²) in [5, 5.41) is 3.08. The Kier molecular flexibility index (Phi) is 4.53. The standard InChI is InChI=1S/C20H14ClN/c21-20-13-4-2-8-18(20)15-22-14-6-11-17-10-5-9-16-7-1-3-12-19(16)17/h1-5,7-10,12-13,15H,14H2/b22-15+. The van der Waals surface area contributed by atoms with Gasteiger partial charge in [-0.15, -0.1) is 0 Å². The number of benzene rings is 3. The number of aliphatic imine (C=N–C) groups is 1. The summed E-state index contributed by atoms with van der Waals surface area (Å²) in [5.74, 6) is 6.28. The zero-order valence-electron chi connectivity index (χ0n) is 12.0. The van der Waals surface area contributed by atoms with Gasteiger partial charge in [0.2, 0.25) is 0 Å². The second-order valence-corrected chi connectivity index (χ2v) is 5.23. The summed E-state index contributed by atoms with van der Waals surface area (Å²) in [5.41, 5.74) is 1.95. The largest absolute Gasteiger partial charge is 0.280 e. The monoisotopic (exact) mass is 303 g/mol. The maximum absolute atomic E-state index is 6.07. The van der Waals surface area contributed by atoms with Crippen molar-refractivity contribution in [3.8, 4) is 11.8 Å². The van der Waals surface area contributed by atoms with E-state index in [1.165, 1.54) is 10.8 Å². The normalized spacial score (nSPS) is 10.6. The van der Waals surface area contributed by atoms with Gasteiger partial charge in [0.05, 0.1) is 0 Å². The Balaban J connectivity index is 1.75. The summed E-state index contributed by atoms with van der Waals surface area (Å²) in [7, 11) is 0. The molecule has 0 aromatic heterocycles. The molecule has 3 aromatic carbocycles. The van der Waals surface area contributed by atoms with Crippen molar-refractivity contribution >= 4 is 28.6 Å². The SMILES string of the molecule is Clc1ccccc1/C=N/CC#Cc1cccc2ccccc12. The molecule has 0 aliphatic heterocycles. The van der Waals surface area contributed by atoms with Gasteiger partial charge in [0, 0.05) is 22.4 Å². The second kappa shape index (κ2) is 6.93. The molecule has 2 heteroatoms. The van der Waals surface area contributed by atoms with Crippen LogP contribution in [0.25, 0.3) is 10.8 Å². The minimum absolute atomic E-state index is 0.453. The Morgan fingerprint density at radius 1 is 0.909 bits per heavy atom. The molecule has 1 nitrogen and oxygen atoms in total. The fraction of sp³-hybridized carbons (Fsp3) is 0.0500. The smallest absolute Gasteiger partial charge is 0.100 e. The summed E-state index contributed by atoms with van der Waals surface area (Å²) in [6.45, 7) is 0.453. The first-order valence-corrected chi connectivity index (χ1v) is 7.43. The van der Waals surface area contributed by atoms with Gasteiger partial charge in [-0.25, -0.2) is 0 Å². The molecule has 0 radical (unpaired) electrons. The summed E-state index contributed by atoms with van der Waals surface area (Å²) >= 11 is 6.07. The highest BCUT2D eigenvalue weighted by Crippen LogP contribution is 2.17. The Labute approximate surface area is 135 Å². The van der Waals surface area contributed by atoms with Gasteiger partial charge < -0.3 is 0 Å². The van der Waals surface area contributed by atoms with Gasteiger partial charge in [-0.2, -0.15) is 0 Å². The van der Waals surface area contributed by atoms with Gasteiger partial charge in [-0.3, -0.25) is 4.99 Å². The average Bonchev–Trinajstić information content (AvgIpc) is 2.56. The number of rotatable bonds is 2. The summed E-state index contributed by atoms with van der Waals surface area (Å²) < 4.78 is 0. The van der Waals surface area contributed by atoms with E-state index in [-0.39, 0.29) is 0 Å². The third kappa shape index (κ3) is 3.36. The van der Waals surface area contributed by atoms with E-state index in [2.05, 4.69) is 35.0 Å². The van der Waals surface area contributed by atoms with Gasteiger partial charge in [0.1, 0.15) is 6.54 Å². The molecule has 22 heavy (non-hydrogen) atoms. The maximum Gasteiger partial charge on any atom is 0.100 e. The van der Waals surface area contributed by atoms with Crippen LogP contribution in [0.2, 0.25) is 5.02 Å². The van der Waals surface area contributed by atoms with Gasteiger partial charge in [0.15, 0.2) is 0 Å². The molecule has 106 valence electrons. The molecule has 0 saturated heterocycles. The lowest BCUT2D eigenvalue weighted by Crippen LogP contribution is -1.84. The first-order chi connectivity index (χ1) is 10.8. The predicted molar refractivity (Wildman–Crippen MR) is 94.7 cm³/mol. The number of hydrogen-bond acceptors (Lipinski definition) is 1. The molecular weight excluding hydrogens is 290 g/mol. The molecule has 0 bridgehead atoms. The summed E-state index contributed by atoms with van der Waals surface area (Å²) in [6, 6.07) is 22.0. The first kappa shape index (κ1) is 14.4. The zero-order valence-corrected chi connectivity index (χ0v) is 12.7. The van der Waals surface area contributed by atoms with Crippen LogP contribution in [-0.2, 0) is 0 Å². The van der Waals surface area contributed by atoms with Gasteiger partial charge in [0.25, 0.3) is 0 Å². The van der Waals surface area contributed by atoms with Crippen LogP contribution in [0.1, 0.15) is 11.1 Å². The predicted octanol–water partition coefficient (Wildman–Crippen LogP) is 4.96. The number of halogens is 1. The van der Waals surface area contributed by atoms with E-state index in [9.17, 15) is 0 Å². The Morgan fingerprint density at radius 2 is 1.68 bits per heavy atom. The molecule has 0 amide bonds. The van der Waals surface area contributed by atoms with Gasteiger partial charge in [-0.1, -0.05) is 78.0 Å². The molecular formula is C20H14ClN. The van der Waals surface area contributed by atoms with Crippen molar-refractivity contribution in [1.82, 2.24) is 0 Å². The van der Waals surface area contributed by atoms with Crippen molar-refractivity contribution in [1.29, 1.82) is 0 Å². The molecule has 0 N–H and O–H groups in total. The van der Waals surface area contributed by atoms with E-state index in [0.29, 0.717) is 11.6 Å². The lowest BCUT2D eigenvalue weighted by atomic mass is 10.1. The van der Waals surface area contributed by atoms with Crippen LogP contribution in [0, 0.1) is 11.8 Å². The molecule has 3 aromatic rings. The van der Waals surface area contributed by atoms with Crippen molar-refractivity contribution in [2.24, 2.45) is 4.99 Å². The minimum atomic E-state index is 0.453. The highest BCUT2D eigenvalue weighted by Gasteiger charge is 1.96. The highest BCUT2D eigenvalue weighted by molar-refractivity contribution is 6.33. The lowest BCUT2D eigenvalue weighted by molar-refractivity contribution is 1.30. The van der Waals surface area contributed by atoms with Crippen molar-refractivity contribution in [3.63, 3.8) is 0 Å². The molecule has 0 unspecified atom stereocenters. The molecule has 0 fully saturated rings. The van der Waals surface area contributed by atoms with Crippen LogP contribution in [-0.4, -0.2) is 12.8 Å². The topological polar surface area (TPSA) is 12.4 Å². The van der Waals surface area contributed by atoms with Crippen molar-refractivity contribution in [3.05, 3.63) is 82.9 Å². The van der Waals surface area contributed by atoms with Crippen LogP contribution >= 0.6 is 11.6 Å². The second-order valence-electron chi connectivity index (χ2n) is 4.82. The molecule has 0 atom stereocenters. The van der Waals surface area contributed by atoms with Crippen LogP contribution in [0.15, 0.2) is 71.7 Å². The van der Waals surface area contributed by atoms with Gasteiger partial charge in [-0.05, 0) is 22.9 Å². The molecule has 0 saturated carbocycles. The first-order valence-electron chi connectivity index (χ1n) is 7.05. The fourth-order valence-corrected chi connectivity index (χ4v) is 2.42. The molecule has 3 rings (SSSR count). The Morgan fingerprint density at radius 3 is 2.59 bits per heavy atom. The van der Waals surface area contributed by atoms with Crippen molar-refractivity contribution in [2.45, 2.75) is 0 Å². The average molecular weight is 304 g/mol. The maximum atomic E-state index is 6.07. The quantitative estimate of drug-likeness (QED) is 0.468. The fourth-order valence-electron chi connectivity index (χ4n) is 2.24. The van der Waals surface area contributed by atoms with Crippen LogP contribution in [0.4, 0.5) is 0 Å². The van der Waals surface area contributed by atoms with E-state index < -0.39 is 0 Å². The van der Waals surface area contributed by atoms with Gasteiger partial charge >= 0.3 is 0 Å². The highest BCUT2D eigenvalue weighted by atomic mass is 35.5. The molecule has 0 aliphatic rings. The van der Waals surface area contributed by atoms with Crippen molar-refractivity contribution in [2.75, 3.05) is 6.54 Å². The number of nitrogens with zero attached hydrogens (tertiary/aromatic N) is 1. The lowest BCUT2D eigenvalue weighted by Gasteiger charge is -1.99. The third-order valence-electron chi connectivity index (χ3n) is 3.32.